The van der Waals surface area contributed by atoms with Gasteiger partial charge in [-0.1, -0.05) is 27.7 Å². The molecule has 1 rings (SSSR count). The Labute approximate surface area is 97.7 Å². The SMILES string of the molecule is CCNCC(O)c1cn(C)nc1C(C)(C)C. The van der Waals surface area contributed by atoms with Crippen LogP contribution in [0.2, 0.25) is 0 Å². The van der Waals surface area contributed by atoms with E-state index in [0.29, 0.717) is 6.54 Å². The van der Waals surface area contributed by atoms with E-state index in [1.54, 1.807) is 4.68 Å². The number of aliphatic hydroxyl groups is 1. The van der Waals surface area contributed by atoms with Crippen LogP contribution in [0.4, 0.5) is 0 Å². The van der Waals surface area contributed by atoms with Crippen molar-refractivity contribution in [3.63, 3.8) is 0 Å². The zero-order chi connectivity index (χ0) is 12.3. The zero-order valence-electron chi connectivity index (χ0n) is 10.9. The summed E-state index contributed by atoms with van der Waals surface area (Å²) >= 11 is 0. The molecule has 0 saturated heterocycles. The van der Waals surface area contributed by atoms with E-state index in [1.165, 1.54) is 0 Å². The van der Waals surface area contributed by atoms with Crippen LogP contribution >= 0.6 is 0 Å². The van der Waals surface area contributed by atoms with Crippen LogP contribution in [-0.2, 0) is 12.5 Å². The first-order valence-corrected chi connectivity index (χ1v) is 5.79. The van der Waals surface area contributed by atoms with Gasteiger partial charge in [-0.05, 0) is 6.54 Å². The van der Waals surface area contributed by atoms with Crippen molar-refractivity contribution < 1.29 is 5.11 Å². The minimum absolute atomic E-state index is 0.0379. The predicted molar refractivity (Wildman–Crippen MR) is 65.4 cm³/mol. The van der Waals surface area contributed by atoms with Crippen LogP contribution in [0.3, 0.4) is 0 Å². The van der Waals surface area contributed by atoms with Crippen LogP contribution < -0.4 is 5.32 Å². The van der Waals surface area contributed by atoms with Crippen molar-refractivity contribution in [1.82, 2.24) is 15.1 Å². The van der Waals surface area contributed by atoms with Crippen molar-refractivity contribution in [1.29, 1.82) is 0 Å². The summed E-state index contributed by atoms with van der Waals surface area (Å²) in [6.07, 6.45) is 1.42. The third-order valence-corrected chi connectivity index (χ3v) is 2.51. The standard InChI is InChI=1S/C12H23N3O/c1-6-13-7-10(16)9-8-15(5)14-11(9)12(2,3)4/h8,10,13,16H,6-7H2,1-5H3. The highest BCUT2D eigenvalue weighted by molar-refractivity contribution is 5.26. The Morgan fingerprint density at radius 3 is 2.62 bits per heavy atom. The van der Waals surface area contributed by atoms with E-state index in [0.717, 1.165) is 17.8 Å². The maximum atomic E-state index is 10.1. The van der Waals surface area contributed by atoms with Crippen molar-refractivity contribution in [3.05, 3.63) is 17.5 Å². The molecular formula is C12H23N3O. The van der Waals surface area contributed by atoms with Crippen LogP contribution in [0.25, 0.3) is 0 Å². The van der Waals surface area contributed by atoms with Crippen LogP contribution in [0.1, 0.15) is 45.1 Å². The lowest BCUT2D eigenvalue weighted by Gasteiger charge is -2.20. The van der Waals surface area contributed by atoms with Crippen molar-refractivity contribution in [2.24, 2.45) is 7.05 Å². The molecule has 0 bridgehead atoms. The molecule has 0 spiro atoms. The van der Waals surface area contributed by atoms with Gasteiger partial charge in [-0.3, -0.25) is 4.68 Å². The van der Waals surface area contributed by atoms with E-state index in [1.807, 2.05) is 20.2 Å². The molecule has 0 amide bonds. The van der Waals surface area contributed by atoms with Crippen LogP contribution in [-0.4, -0.2) is 28.0 Å². The fraction of sp³-hybridized carbons (Fsp3) is 0.750. The lowest BCUT2D eigenvalue weighted by molar-refractivity contribution is 0.173. The monoisotopic (exact) mass is 225 g/mol. The molecule has 16 heavy (non-hydrogen) atoms. The summed E-state index contributed by atoms with van der Waals surface area (Å²) in [6.45, 7) is 9.80. The van der Waals surface area contributed by atoms with E-state index in [9.17, 15) is 5.11 Å². The Kier molecular flexibility index (Phi) is 4.10. The number of nitrogens with zero attached hydrogens (tertiary/aromatic N) is 2. The van der Waals surface area contributed by atoms with Gasteiger partial charge in [-0.2, -0.15) is 5.10 Å². The molecule has 1 unspecified atom stereocenters. The van der Waals surface area contributed by atoms with Gasteiger partial charge >= 0.3 is 0 Å². The molecule has 0 saturated carbocycles. The van der Waals surface area contributed by atoms with Crippen LogP contribution in [0, 0.1) is 0 Å². The fourth-order valence-electron chi connectivity index (χ4n) is 1.72. The molecular weight excluding hydrogens is 202 g/mol. The van der Waals surface area contributed by atoms with Gasteiger partial charge < -0.3 is 10.4 Å². The molecule has 0 aliphatic carbocycles. The molecule has 0 aromatic carbocycles. The minimum Gasteiger partial charge on any atom is -0.387 e. The van der Waals surface area contributed by atoms with Crippen LogP contribution in [0.5, 0.6) is 0 Å². The summed E-state index contributed by atoms with van der Waals surface area (Å²) in [5, 5.41) is 17.7. The largest absolute Gasteiger partial charge is 0.387 e. The second kappa shape index (κ2) is 4.97. The van der Waals surface area contributed by atoms with Gasteiger partial charge in [0.1, 0.15) is 0 Å². The third-order valence-electron chi connectivity index (χ3n) is 2.51. The number of aliphatic hydroxyl groups excluding tert-OH is 1. The van der Waals surface area contributed by atoms with Crippen LogP contribution in [0.15, 0.2) is 6.20 Å². The molecule has 4 heteroatoms. The average molecular weight is 225 g/mol. The second-order valence-electron chi connectivity index (χ2n) is 5.18. The molecule has 0 aliphatic rings. The summed E-state index contributed by atoms with van der Waals surface area (Å²) in [5.41, 5.74) is 1.86. The van der Waals surface area contributed by atoms with Crippen molar-refractivity contribution >= 4 is 0 Å². The molecule has 1 atom stereocenters. The lowest BCUT2D eigenvalue weighted by atomic mass is 9.88. The fourth-order valence-corrected chi connectivity index (χ4v) is 1.72. The van der Waals surface area contributed by atoms with E-state index >= 15 is 0 Å². The van der Waals surface area contributed by atoms with Gasteiger partial charge in [0.05, 0.1) is 11.8 Å². The number of aromatic nitrogens is 2. The molecule has 1 heterocycles. The highest BCUT2D eigenvalue weighted by Crippen LogP contribution is 2.27. The first-order chi connectivity index (χ1) is 7.36. The molecule has 0 aliphatic heterocycles. The van der Waals surface area contributed by atoms with Gasteiger partial charge in [0.25, 0.3) is 0 Å². The summed E-state index contributed by atoms with van der Waals surface area (Å²) < 4.78 is 1.77. The molecule has 0 fully saturated rings. The first kappa shape index (κ1) is 13.2. The molecule has 4 nitrogen and oxygen atoms in total. The summed E-state index contributed by atoms with van der Waals surface area (Å²) in [5.74, 6) is 0. The second-order valence-corrected chi connectivity index (χ2v) is 5.18. The first-order valence-electron chi connectivity index (χ1n) is 5.79. The quantitative estimate of drug-likeness (QED) is 0.813. The maximum absolute atomic E-state index is 10.1. The third kappa shape index (κ3) is 3.06. The maximum Gasteiger partial charge on any atom is 0.0947 e. The molecule has 1 aromatic heterocycles. The van der Waals surface area contributed by atoms with Gasteiger partial charge in [0.15, 0.2) is 0 Å². The van der Waals surface area contributed by atoms with Gasteiger partial charge in [-0.25, -0.2) is 0 Å². The molecule has 1 aromatic rings. The Hall–Kier alpha value is -0.870. The number of hydrogen-bond donors (Lipinski definition) is 2. The predicted octanol–water partition coefficient (Wildman–Crippen LogP) is 1.36. The number of nitrogens with one attached hydrogen (secondary N) is 1. The average Bonchev–Trinajstić information content (AvgIpc) is 2.56. The molecule has 2 N–H and O–H groups in total. The van der Waals surface area contributed by atoms with Gasteiger partial charge in [-0.15, -0.1) is 0 Å². The van der Waals surface area contributed by atoms with Crippen molar-refractivity contribution in [2.45, 2.75) is 39.2 Å². The van der Waals surface area contributed by atoms with Gasteiger partial charge in [0.2, 0.25) is 0 Å². The van der Waals surface area contributed by atoms with E-state index < -0.39 is 6.10 Å². The zero-order valence-corrected chi connectivity index (χ0v) is 10.9. The normalized spacial score (nSPS) is 14.1. The summed E-state index contributed by atoms with van der Waals surface area (Å²) in [4.78, 5) is 0. The topological polar surface area (TPSA) is 50.1 Å². The number of hydrogen-bond acceptors (Lipinski definition) is 3. The number of aryl methyl sites for hydroxylation is 1. The number of likely N-dealkylation sites (N-methyl/N-ethyl adjacent to an activating group) is 1. The lowest BCUT2D eigenvalue weighted by Crippen LogP contribution is -2.23. The van der Waals surface area contributed by atoms with Crippen molar-refractivity contribution in [3.8, 4) is 0 Å². The van der Waals surface area contributed by atoms with E-state index in [4.69, 9.17) is 0 Å². The summed E-state index contributed by atoms with van der Waals surface area (Å²) in [7, 11) is 1.89. The Morgan fingerprint density at radius 2 is 2.12 bits per heavy atom. The Morgan fingerprint density at radius 1 is 1.50 bits per heavy atom. The van der Waals surface area contributed by atoms with E-state index in [-0.39, 0.29) is 5.41 Å². The number of rotatable bonds is 4. The highest BCUT2D eigenvalue weighted by Gasteiger charge is 2.25. The van der Waals surface area contributed by atoms with Gasteiger partial charge in [0, 0.05) is 30.8 Å². The smallest absolute Gasteiger partial charge is 0.0947 e. The van der Waals surface area contributed by atoms with Crippen molar-refractivity contribution in [2.75, 3.05) is 13.1 Å². The Bertz CT molecular complexity index is 339. The minimum atomic E-state index is -0.483. The molecule has 0 radical (unpaired) electrons. The Balaban J connectivity index is 2.94. The highest BCUT2D eigenvalue weighted by atomic mass is 16.3. The molecule has 92 valence electrons. The summed E-state index contributed by atoms with van der Waals surface area (Å²) in [6, 6.07) is 0. The van der Waals surface area contributed by atoms with E-state index in [2.05, 4.69) is 31.2 Å².